The zero-order valence-electron chi connectivity index (χ0n) is 23.8. The van der Waals surface area contributed by atoms with Crippen LogP contribution in [-0.4, -0.2) is 87.9 Å². The number of carbonyl (C=O) groups is 2. The predicted octanol–water partition coefficient (Wildman–Crippen LogP) is 5.34. The van der Waals surface area contributed by atoms with Crippen LogP contribution in [0.5, 0.6) is 0 Å². The second-order valence-electron chi connectivity index (χ2n) is 11.0. The molecular formula is C31H32ClN5O5S2. The van der Waals surface area contributed by atoms with E-state index in [1.807, 2.05) is 65.2 Å². The number of sulfonamides is 1. The monoisotopic (exact) mass is 653 g/mol. The van der Waals surface area contributed by atoms with Gasteiger partial charge in [0, 0.05) is 44.3 Å². The molecule has 44 heavy (non-hydrogen) atoms. The summed E-state index contributed by atoms with van der Waals surface area (Å²) in [5, 5.41) is 9.71. The topological polar surface area (TPSA) is 116 Å². The van der Waals surface area contributed by atoms with Crippen LogP contribution in [0.3, 0.4) is 0 Å². The lowest BCUT2D eigenvalue weighted by Crippen LogP contribution is -2.57. The van der Waals surface area contributed by atoms with Crippen LogP contribution >= 0.6 is 22.9 Å². The van der Waals surface area contributed by atoms with Crippen LogP contribution in [0.15, 0.2) is 83.3 Å². The molecule has 0 aliphatic carbocycles. The van der Waals surface area contributed by atoms with Crippen molar-refractivity contribution >= 4 is 45.0 Å². The van der Waals surface area contributed by atoms with Crippen LogP contribution in [0.1, 0.15) is 34.9 Å². The number of rotatable bonds is 7. The zero-order valence-corrected chi connectivity index (χ0v) is 26.2. The Morgan fingerprint density at radius 2 is 1.68 bits per heavy atom. The molecule has 2 atom stereocenters. The smallest absolute Gasteiger partial charge is 0.407 e. The maximum atomic E-state index is 14.3. The number of carbonyl (C=O) groups excluding carboxylic acids is 1. The Kier molecular flexibility index (Phi) is 8.77. The lowest BCUT2D eigenvalue weighted by molar-refractivity contribution is 0.0447. The van der Waals surface area contributed by atoms with Gasteiger partial charge in [0.15, 0.2) is 5.69 Å². The molecule has 2 aliphatic heterocycles. The first-order valence-electron chi connectivity index (χ1n) is 14.4. The summed E-state index contributed by atoms with van der Waals surface area (Å²) >= 11 is 7.09. The molecule has 13 heteroatoms. The molecule has 2 fully saturated rings. The van der Waals surface area contributed by atoms with E-state index in [0.717, 1.165) is 28.9 Å². The number of hydrogen-bond donors (Lipinski definition) is 1. The van der Waals surface area contributed by atoms with Crippen molar-refractivity contribution in [2.24, 2.45) is 0 Å². The number of piperazine rings is 1. The minimum atomic E-state index is -3.73. The van der Waals surface area contributed by atoms with Crippen LogP contribution in [0.25, 0.3) is 11.3 Å². The van der Waals surface area contributed by atoms with Gasteiger partial charge in [-0.1, -0.05) is 72.3 Å². The van der Waals surface area contributed by atoms with Gasteiger partial charge in [-0.15, -0.1) is 11.3 Å². The Hall–Kier alpha value is -3.71. The Labute approximate surface area is 265 Å². The van der Waals surface area contributed by atoms with Gasteiger partial charge in [0.05, 0.1) is 22.4 Å². The van der Waals surface area contributed by atoms with Crippen molar-refractivity contribution < 1.29 is 23.1 Å². The van der Waals surface area contributed by atoms with E-state index in [9.17, 15) is 23.1 Å². The number of aromatic nitrogens is 2. The summed E-state index contributed by atoms with van der Waals surface area (Å²) in [7, 11) is -3.73. The molecule has 10 nitrogen and oxygen atoms in total. The van der Waals surface area contributed by atoms with Crippen molar-refractivity contribution in [1.82, 2.24) is 23.7 Å². The third-order valence-electron chi connectivity index (χ3n) is 8.27. The first-order valence-corrected chi connectivity index (χ1v) is 17.1. The van der Waals surface area contributed by atoms with E-state index >= 15 is 0 Å². The molecule has 230 valence electrons. The molecule has 4 aromatic rings. The number of piperidine rings is 1. The van der Waals surface area contributed by atoms with Crippen molar-refractivity contribution in [2.75, 3.05) is 32.7 Å². The summed E-state index contributed by atoms with van der Waals surface area (Å²) in [6, 6.07) is 21.7. The Morgan fingerprint density at radius 3 is 2.36 bits per heavy atom. The third kappa shape index (κ3) is 6.12. The highest BCUT2D eigenvalue weighted by Crippen LogP contribution is 2.35. The van der Waals surface area contributed by atoms with Gasteiger partial charge in [0.25, 0.3) is 15.9 Å². The normalized spacial score (nSPS) is 19.7. The van der Waals surface area contributed by atoms with Crippen molar-refractivity contribution in [3.8, 4) is 11.3 Å². The van der Waals surface area contributed by atoms with E-state index in [2.05, 4.69) is 4.98 Å². The molecule has 2 aromatic carbocycles. The summed E-state index contributed by atoms with van der Waals surface area (Å²) in [5.41, 5.74) is 2.69. The van der Waals surface area contributed by atoms with Gasteiger partial charge in [0.1, 0.15) is 4.21 Å². The Balaban J connectivity index is 1.34. The summed E-state index contributed by atoms with van der Waals surface area (Å²) < 4.78 is 31.0. The predicted molar refractivity (Wildman–Crippen MR) is 169 cm³/mol. The van der Waals surface area contributed by atoms with E-state index in [1.54, 1.807) is 17.3 Å². The molecule has 2 amide bonds. The highest BCUT2D eigenvalue weighted by Gasteiger charge is 2.37. The van der Waals surface area contributed by atoms with E-state index in [-0.39, 0.29) is 54.1 Å². The fourth-order valence-electron chi connectivity index (χ4n) is 6.10. The number of imidazole rings is 1. The van der Waals surface area contributed by atoms with Crippen molar-refractivity contribution in [3.05, 3.63) is 94.7 Å². The summed E-state index contributed by atoms with van der Waals surface area (Å²) in [4.78, 5) is 33.9. The van der Waals surface area contributed by atoms with Crippen LogP contribution in [0.4, 0.5) is 4.79 Å². The minimum absolute atomic E-state index is 0.194. The summed E-state index contributed by atoms with van der Waals surface area (Å²) in [6.45, 7) is 1.26. The third-order valence-corrected chi connectivity index (χ3v) is 11.8. The molecule has 2 aromatic heterocycles. The molecule has 0 spiro atoms. The van der Waals surface area contributed by atoms with Crippen LogP contribution in [0, 0.1) is 0 Å². The number of nitrogens with zero attached hydrogens (tertiary/aromatic N) is 5. The minimum Gasteiger partial charge on any atom is -0.465 e. The molecule has 1 N–H and O–H groups in total. The van der Waals surface area contributed by atoms with E-state index in [0.29, 0.717) is 29.4 Å². The second-order valence-corrected chi connectivity index (χ2v) is 14.9. The zero-order chi connectivity index (χ0) is 30.8. The van der Waals surface area contributed by atoms with Gasteiger partial charge >= 0.3 is 6.09 Å². The van der Waals surface area contributed by atoms with Crippen molar-refractivity contribution in [3.63, 3.8) is 0 Å². The van der Waals surface area contributed by atoms with Gasteiger partial charge < -0.3 is 19.5 Å². The molecule has 4 heterocycles. The van der Waals surface area contributed by atoms with Gasteiger partial charge in [0.2, 0.25) is 0 Å². The van der Waals surface area contributed by atoms with Crippen LogP contribution in [-0.2, 0) is 16.4 Å². The number of amides is 2. The van der Waals surface area contributed by atoms with E-state index in [4.69, 9.17) is 11.6 Å². The lowest BCUT2D eigenvalue weighted by Gasteiger charge is -2.40. The molecular weight excluding hydrogens is 622 g/mol. The average molecular weight is 654 g/mol. The number of hydrogen-bond acceptors (Lipinski definition) is 6. The molecule has 6 rings (SSSR count). The SMILES string of the molecule is O=C(O)N1CCN(C(=O)c2ncn(C3CCCN(S(=O)(=O)c4ccc(Cl)s4)C3)c2-c2ccccc2)[C@H](Cc2ccccc2)C1. The van der Waals surface area contributed by atoms with Gasteiger partial charge in [-0.05, 0) is 37.0 Å². The summed E-state index contributed by atoms with van der Waals surface area (Å²) in [5.74, 6) is -0.276. The molecule has 2 aliphatic rings. The number of benzene rings is 2. The fraction of sp³-hybridized carbons (Fsp3) is 0.323. The fourth-order valence-corrected chi connectivity index (χ4v) is 9.25. The van der Waals surface area contributed by atoms with E-state index in [1.165, 1.54) is 15.3 Å². The first-order chi connectivity index (χ1) is 21.2. The largest absolute Gasteiger partial charge is 0.465 e. The standard InChI is InChI=1S/C31H32ClN5O5S2/c32-26-13-14-27(43-26)44(41,42)35-15-7-12-24(20-35)37-21-33-28(29(37)23-10-5-2-6-11-23)30(38)36-17-16-34(31(39)40)19-25(36)18-22-8-3-1-4-9-22/h1-6,8-11,13-14,21,24-25H,7,12,15-20H2,(H,39,40)/t24?,25-/m1/s1. The maximum absolute atomic E-state index is 14.3. The van der Waals surface area contributed by atoms with E-state index < -0.39 is 16.1 Å². The van der Waals surface area contributed by atoms with Crippen molar-refractivity contribution in [2.45, 2.75) is 35.6 Å². The Bertz CT molecular complexity index is 1750. The molecule has 0 bridgehead atoms. The number of thiophene rings is 1. The summed E-state index contributed by atoms with van der Waals surface area (Å²) in [6.07, 6.45) is 2.49. The Morgan fingerprint density at radius 1 is 0.955 bits per heavy atom. The average Bonchev–Trinajstić information content (AvgIpc) is 3.69. The lowest BCUT2D eigenvalue weighted by atomic mass is 10.0. The molecule has 0 radical (unpaired) electrons. The van der Waals surface area contributed by atoms with Gasteiger partial charge in [-0.25, -0.2) is 18.2 Å². The highest BCUT2D eigenvalue weighted by atomic mass is 35.5. The quantitative estimate of drug-likeness (QED) is 0.288. The second kappa shape index (κ2) is 12.7. The van der Waals surface area contributed by atoms with Gasteiger partial charge in [-0.2, -0.15) is 4.31 Å². The number of carboxylic acid groups (broad SMARTS) is 1. The molecule has 1 unspecified atom stereocenters. The van der Waals surface area contributed by atoms with Crippen LogP contribution in [0.2, 0.25) is 4.34 Å². The highest BCUT2D eigenvalue weighted by molar-refractivity contribution is 7.91. The van der Waals surface area contributed by atoms with Crippen molar-refractivity contribution in [1.29, 1.82) is 0 Å². The number of halogens is 1. The first kappa shape index (κ1) is 30.3. The molecule has 0 saturated carbocycles. The molecule has 2 saturated heterocycles. The van der Waals surface area contributed by atoms with Gasteiger partial charge in [-0.3, -0.25) is 4.79 Å². The maximum Gasteiger partial charge on any atom is 0.407 e. The van der Waals surface area contributed by atoms with Crippen LogP contribution < -0.4 is 0 Å².